The van der Waals surface area contributed by atoms with E-state index in [1.165, 1.54) is 56.3 Å². The van der Waals surface area contributed by atoms with Gasteiger partial charge in [-0.25, -0.2) is 19.4 Å². The van der Waals surface area contributed by atoms with Gasteiger partial charge in [0.1, 0.15) is 47.9 Å². The van der Waals surface area contributed by atoms with Crippen molar-refractivity contribution in [3.8, 4) is 11.1 Å². The molecule has 28 nitrogen and oxygen atoms in total. The van der Waals surface area contributed by atoms with Crippen molar-refractivity contribution in [3.05, 3.63) is 142 Å². The summed E-state index contributed by atoms with van der Waals surface area (Å²) in [6, 6.07) is 24.6. The Morgan fingerprint density at radius 2 is 1.35 bits per heavy atom. The molecule has 2 heterocycles. The molecule has 0 radical (unpaired) electrons. The Balaban J connectivity index is 0.909. The van der Waals surface area contributed by atoms with Crippen molar-refractivity contribution in [2.75, 3.05) is 52.8 Å². The largest absolute Gasteiger partial charge is 0.449 e. The van der Waals surface area contributed by atoms with E-state index in [1.54, 1.807) is 65.1 Å². The first-order chi connectivity index (χ1) is 51.0. The number of amides is 12. The summed E-state index contributed by atoms with van der Waals surface area (Å²) in [4.78, 5) is 158. The van der Waals surface area contributed by atoms with Gasteiger partial charge in [0, 0.05) is 64.5 Å². The maximum absolute atomic E-state index is 14.8. The van der Waals surface area contributed by atoms with Crippen molar-refractivity contribution in [3.63, 3.8) is 0 Å². The molecule has 0 unspecified atom stereocenters. The monoisotopic (exact) mass is 1500 g/mol. The average molecular weight is 1500 g/mol. The molecular weight excluding hydrogens is 1390 g/mol. The van der Waals surface area contributed by atoms with Crippen molar-refractivity contribution in [2.45, 2.75) is 187 Å². The Kier molecular flexibility index (Phi) is 31.6. The number of hydrogen-bond acceptors (Lipinski definition) is 17. The molecule has 1 fully saturated rings. The molecule has 4 aromatic carbocycles. The lowest BCUT2D eigenvalue weighted by atomic mass is 9.89. The Labute approximate surface area is 630 Å². The van der Waals surface area contributed by atoms with Crippen molar-refractivity contribution in [1.29, 1.82) is 0 Å². The summed E-state index contributed by atoms with van der Waals surface area (Å²) in [6.07, 6.45) is 1.05. The van der Waals surface area contributed by atoms with Crippen LogP contribution in [-0.4, -0.2) is 182 Å². The lowest BCUT2D eigenvalue weighted by Crippen LogP contribution is -2.62. The number of nitrogens with zero attached hydrogens (tertiary/aromatic N) is 3. The summed E-state index contributed by atoms with van der Waals surface area (Å²) in [7, 11) is 4.68. The molecule has 0 saturated carbocycles. The lowest BCUT2D eigenvalue weighted by molar-refractivity contribution is -0.148. The smallest absolute Gasteiger partial charge is 0.408 e. The minimum absolute atomic E-state index is 0.00223. The number of likely N-dealkylation sites (N-methyl/N-ethyl adjacent to an activating group) is 1. The number of benzene rings is 4. The van der Waals surface area contributed by atoms with Crippen LogP contribution in [0.5, 0.6) is 0 Å². The maximum atomic E-state index is 14.8. The number of nitrogens with one attached hydrogen (secondary N) is 9. The fourth-order valence-electron chi connectivity index (χ4n) is 13.7. The third-order valence-electron chi connectivity index (χ3n) is 19.7. The molecule has 29 heteroatoms. The van der Waals surface area contributed by atoms with Gasteiger partial charge in [0.2, 0.25) is 47.3 Å². The van der Waals surface area contributed by atoms with Crippen molar-refractivity contribution in [2.24, 2.45) is 29.4 Å². The standard InChI is InChI=1S/C78H107N13O15S/c1-14-47(6)66(62(103-12)41-63(93)91-38-23-31-61(91)67(104-13)48(7)68(94)86-59(72-80-37-39-107-72)40-50-24-16-15-17-25-50)90(11)73(98)65(46(4)5)88-74(99)78(9,10)89-77(102)105-43-51-32-34-52(35-33-51)84-69(95)58(30-22-36-81-75(79)100)85-71(97)64(45(2)3)87-70(96)60(83-49(8)92)42-82-76(101)106-44-57-55-28-20-18-26-53(55)54-27-19-21-29-56(54)57/h15-21,24-29,32-35,37,39,45-48,57-62,64-67H,14,22-23,30-31,36,38,40-44H2,1-13H3,(H,82,101)(H,83,92)(H,84,95)(H,85,97)(H,86,94)(H,87,96)(H,88,99)(H,89,102)(H3,79,81,100)/t47-,48+,58-,59-,60-,61-,62+,64-,65-,66-,67+/m0/s1. The number of urea groups is 1. The Morgan fingerprint density at radius 1 is 0.701 bits per heavy atom. The molecule has 0 spiro atoms. The van der Waals surface area contributed by atoms with Crippen LogP contribution in [0.4, 0.5) is 20.1 Å². The Morgan fingerprint density at radius 3 is 1.93 bits per heavy atom. The number of likely N-dealkylation sites (tertiary alicyclic amines) is 1. The number of carbonyl (C=O) groups is 11. The van der Waals surface area contributed by atoms with E-state index in [2.05, 4.69) is 52.8 Å². The van der Waals surface area contributed by atoms with Gasteiger partial charge in [-0.05, 0) is 109 Å². The third kappa shape index (κ3) is 23.5. The number of primary amides is 1. The minimum Gasteiger partial charge on any atom is -0.449 e. The van der Waals surface area contributed by atoms with Crippen molar-refractivity contribution < 1.29 is 71.7 Å². The van der Waals surface area contributed by atoms with E-state index in [9.17, 15) is 52.7 Å². The molecule has 1 saturated heterocycles. The molecular formula is C78H107N13O15S. The zero-order valence-corrected chi connectivity index (χ0v) is 64.3. The van der Waals surface area contributed by atoms with Gasteiger partial charge in [0.05, 0.1) is 49.2 Å². The molecule has 1 aliphatic carbocycles. The molecule has 11 N–H and O–H groups in total. The quantitative estimate of drug-likeness (QED) is 0.0172. The molecule has 107 heavy (non-hydrogen) atoms. The molecule has 12 amide bonds. The predicted octanol–water partition coefficient (Wildman–Crippen LogP) is 7.37. The van der Waals surface area contributed by atoms with Crippen molar-refractivity contribution in [1.82, 2.24) is 57.3 Å². The summed E-state index contributed by atoms with van der Waals surface area (Å²) >= 11 is 1.46. The predicted molar refractivity (Wildman–Crippen MR) is 405 cm³/mol. The van der Waals surface area contributed by atoms with E-state index >= 15 is 0 Å². The fourth-order valence-corrected chi connectivity index (χ4v) is 14.3. The van der Waals surface area contributed by atoms with Crippen molar-refractivity contribution >= 4 is 82.5 Å². The summed E-state index contributed by atoms with van der Waals surface area (Å²) in [6.45, 7) is 16.6. The minimum atomic E-state index is -1.62. The molecule has 11 atom stereocenters. The fraction of sp³-hybridized carbons (Fsp3) is 0.513. The second kappa shape index (κ2) is 40.1. The number of thiazole rings is 1. The van der Waals surface area contributed by atoms with E-state index in [-0.39, 0.29) is 74.4 Å². The van der Waals surface area contributed by atoms with Gasteiger partial charge in [-0.2, -0.15) is 0 Å². The van der Waals surface area contributed by atoms with Crippen LogP contribution in [0.15, 0.2) is 115 Å². The average Bonchev–Trinajstić information content (AvgIpc) is 1.62. The van der Waals surface area contributed by atoms with Crippen LogP contribution < -0.4 is 53.6 Å². The molecule has 7 rings (SSSR count). The maximum Gasteiger partial charge on any atom is 0.408 e. The Bertz CT molecular complexity index is 3800. The van der Waals surface area contributed by atoms with E-state index in [0.717, 1.165) is 32.8 Å². The van der Waals surface area contributed by atoms with Crippen LogP contribution in [0.25, 0.3) is 11.1 Å². The number of nitrogens with two attached hydrogens (primary N) is 1. The highest BCUT2D eigenvalue weighted by molar-refractivity contribution is 7.09. The van der Waals surface area contributed by atoms with Crippen LogP contribution in [0.2, 0.25) is 0 Å². The third-order valence-corrected chi connectivity index (χ3v) is 20.6. The van der Waals surface area contributed by atoms with Crippen LogP contribution in [0, 0.1) is 23.7 Å². The molecule has 1 aliphatic heterocycles. The van der Waals surface area contributed by atoms with E-state index in [4.69, 9.17) is 24.7 Å². The number of alkyl carbamates (subject to hydrolysis) is 2. The Hall–Kier alpha value is -10.0. The van der Waals surface area contributed by atoms with Gasteiger partial charge in [-0.1, -0.05) is 146 Å². The number of hydrogen-bond donors (Lipinski definition) is 10. The van der Waals surface area contributed by atoms with Gasteiger partial charge in [0.25, 0.3) is 0 Å². The SMILES string of the molecule is CC[C@H](C)[C@@H]([C@@H](CC(=O)N1CCC[C@H]1[C@H](OC)[C@@H](C)C(=O)N[C@@H](Cc1ccccc1)c1nccs1)OC)N(C)C(=O)[C@@H](NC(=O)C(C)(C)NC(=O)OCc1ccc(NC(=O)[C@H](CCCNC(N)=O)NC(=O)[C@@H](NC(=O)[C@H](CNC(=O)OCC2c3ccccc3-c3ccccc32)NC(C)=O)C(C)C)cc1)C(C)C. The molecule has 0 bridgehead atoms. The molecule has 580 valence electrons. The van der Waals surface area contributed by atoms with Gasteiger partial charge in [-0.3, -0.25) is 38.4 Å². The number of rotatable bonds is 38. The summed E-state index contributed by atoms with van der Waals surface area (Å²) in [5.74, 6) is -6.45. The highest BCUT2D eigenvalue weighted by Crippen LogP contribution is 2.44. The lowest BCUT2D eigenvalue weighted by Gasteiger charge is -2.41. The number of methoxy groups -OCH3 is 2. The first-order valence-electron chi connectivity index (χ1n) is 36.5. The normalized spacial score (nSPS) is 16.1. The molecule has 5 aromatic rings. The first-order valence-corrected chi connectivity index (χ1v) is 37.4. The van der Waals surface area contributed by atoms with Gasteiger partial charge in [0.15, 0.2) is 0 Å². The van der Waals surface area contributed by atoms with E-state index < -0.39 is 132 Å². The highest BCUT2D eigenvalue weighted by Gasteiger charge is 2.45. The number of aromatic nitrogens is 1. The number of anilines is 1. The van der Waals surface area contributed by atoms with Crippen LogP contribution >= 0.6 is 11.3 Å². The number of fused-ring (bicyclic) bond motifs is 3. The second-order valence-corrected chi connectivity index (χ2v) is 29.5. The summed E-state index contributed by atoms with van der Waals surface area (Å²) < 4.78 is 23.4. The number of carbonyl (C=O) groups excluding carboxylic acids is 11. The second-order valence-electron chi connectivity index (χ2n) is 28.6. The zero-order valence-electron chi connectivity index (χ0n) is 63.5. The van der Waals surface area contributed by atoms with E-state index in [1.807, 2.05) is 105 Å². The first kappa shape index (κ1) is 84.3. The molecule has 2 aliphatic rings. The topological polar surface area (TPSA) is 378 Å². The zero-order chi connectivity index (χ0) is 78.2. The van der Waals surface area contributed by atoms with Gasteiger partial charge < -0.3 is 82.3 Å². The summed E-state index contributed by atoms with van der Waals surface area (Å²) in [5.41, 5.74) is 9.57. The van der Waals surface area contributed by atoms with Crippen LogP contribution in [-0.2, 0) is 70.3 Å². The van der Waals surface area contributed by atoms with E-state index in [0.29, 0.717) is 37.8 Å². The number of ether oxygens (including phenoxy) is 4. The van der Waals surface area contributed by atoms with Gasteiger partial charge in [-0.15, -0.1) is 11.3 Å². The van der Waals surface area contributed by atoms with Crippen LogP contribution in [0.3, 0.4) is 0 Å². The highest BCUT2D eigenvalue weighted by atomic mass is 32.1. The van der Waals surface area contributed by atoms with Crippen LogP contribution in [0.1, 0.15) is 147 Å². The summed E-state index contributed by atoms with van der Waals surface area (Å²) in [5, 5.41) is 27.0. The molecule has 1 aromatic heterocycles. The van der Waals surface area contributed by atoms with Gasteiger partial charge >= 0.3 is 18.2 Å².